The highest BCUT2D eigenvalue weighted by Crippen LogP contribution is 2.19. The molecule has 2 amide bonds. The topological polar surface area (TPSA) is 87.2 Å². The van der Waals surface area contributed by atoms with Crippen molar-refractivity contribution in [3.05, 3.63) is 101 Å². The van der Waals surface area contributed by atoms with Gasteiger partial charge in [0.05, 0.1) is 6.04 Å². The lowest BCUT2D eigenvalue weighted by molar-refractivity contribution is 0.0934. The summed E-state index contributed by atoms with van der Waals surface area (Å²) in [4.78, 5) is 36.3. The summed E-state index contributed by atoms with van der Waals surface area (Å²) in [6.07, 6.45) is 3.74. The summed E-state index contributed by atoms with van der Waals surface area (Å²) < 4.78 is 0. The van der Waals surface area contributed by atoms with Crippen LogP contribution >= 0.6 is 0 Å². The molecule has 38 heavy (non-hydrogen) atoms. The van der Waals surface area contributed by atoms with E-state index in [0.717, 1.165) is 47.8 Å². The van der Waals surface area contributed by atoms with Crippen LogP contribution in [0.15, 0.2) is 67.5 Å². The number of benzene rings is 2. The number of hydrogen-bond acceptors (Lipinski definition) is 5. The molecular formula is C31H37N5O2. The first-order chi connectivity index (χ1) is 18.3. The van der Waals surface area contributed by atoms with E-state index in [1.807, 2.05) is 50.2 Å². The molecule has 7 heteroatoms. The first-order valence-electron chi connectivity index (χ1n) is 13.3. The van der Waals surface area contributed by atoms with Gasteiger partial charge in [-0.05, 0) is 68.0 Å². The van der Waals surface area contributed by atoms with Crippen LogP contribution in [0.25, 0.3) is 5.57 Å². The van der Waals surface area contributed by atoms with Crippen LogP contribution in [0.2, 0.25) is 0 Å². The molecule has 0 spiro atoms. The molecule has 2 heterocycles. The van der Waals surface area contributed by atoms with Gasteiger partial charge in [-0.1, -0.05) is 67.6 Å². The molecule has 1 aromatic heterocycles. The van der Waals surface area contributed by atoms with E-state index < -0.39 is 0 Å². The molecule has 198 valence electrons. The minimum atomic E-state index is -0.363. The van der Waals surface area contributed by atoms with Gasteiger partial charge in [0.25, 0.3) is 11.8 Å². The Morgan fingerprint density at radius 3 is 2.34 bits per heavy atom. The minimum absolute atomic E-state index is 0.147. The fraction of sp³-hybridized carbons (Fsp3) is 0.355. The molecule has 2 N–H and O–H groups in total. The number of allylic oxidation sites excluding steroid dienone is 1. The van der Waals surface area contributed by atoms with Gasteiger partial charge in [-0.25, -0.2) is 9.97 Å². The van der Waals surface area contributed by atoms with Crippen LogP contribution in [-0.2, 0) is 13.1 Å². The predicted molar refractivity (Wildman–Crippen MR) is 150 cm³/mol. The van der Waals surface area contributed by atoms with E-state index >= 15 is 0 Å². The van der Waals surface area contributed by atoms with E-state index in [1.54, 1.807) is 0 Å². The maximum absolute atomic E-state index is 12.8. The predicted octanol–water partition coefficient (Wildman–Crippen LogP) is 5.16. The van der Waals surface area contributed by atoms with Crippen LogP contribution < -0.4 is 10.6 Å². The lowest BCUT2D eigenvalue weighted by Crippen LogP contribution is -2.32. The third-order valence-electron chi connectivity index (χ3n) is 7.11. The van der Waals surface area contributed by atoms with Gasteiger partial charge in [-0.15, -0.1) is 0 Å². The number of carbonyl (C=O) groups is 2. The standard InChI is InChI=1S/C31H37N5O2/c1-21(2)26-8-10-27(11-9-26)23(4)35-31(38)29-17-28(33-20-34-29)30(37)32-18-24-6-5-7-25(16-24)19-36-14-12-22(3)13-15-36/h5-11,16-17,20,22-23H,1,12-15,18-19H2,2-4H3,(H,32,37)(H,35,38)/t23-/m0/s1. The zero-order valence-corrected chi connectivity index (χ0v) is 22.5. The monoisotopic (exact) mass is 511 g/mol. The number of aromatic nitrogens is 2. The summed E-state index contributed by atoms with van der Waals surface area (Å²) in [5, 5.41) is 5.86. The van der Waals surface area contributed by atoms with Crippen LogP contribution in [-0.4, -0.2) is 39.8 Å². The molecule has 0 bridgehead atoms. The fourth-order valence-corrected chi connectivity index (χ4v) is 4.61. The molecule has 1 aliphatic rings. The summed E-state index contributed by atoms with van der Waals surface area (Å²) in [5.74, 6) is 0.0989. The Morgan fingerprint density at radius 2 is 1.66 bits per heavy atom. The quantitative estimate of drug-likeness (QED) is 0.414. The Kier molecular flexibility index (Phi) is 9.02. The average Bonchev–Trinajstić information content (AvgIpc) is 2.93. The number of piperidine rings is 1. The normalized spacial score (nSPS) is 15.0. The van der Waals surface area contributed by atoms with Crippen molar-refractivity contribution in [2.45, 2.75) is 52.7 Å². The molecule has 4 rings (SSSR count). The van der Waals surface area contributed by atoms with Gasteiger partial charge in [0, 0.05) is 19.2 Å². The Labute approximate surface area is 225 Å². The number of amides is 2. The van der Waals surface area contributed by atoms with Crippen molar-refractivity contribution in [1.29, 1.82) is 0 Å². The van der Waals surface area contributed by atoms with Gasteiger partial charge >= 0.3 is 0 Å². The number of hydrogen-bond donors (Lipinski definition) is 2. The number of rotatable bonds is 9. The molecule has 2 aromatic carbocycles. The van der Waals surface area contributed by atoms with E-state index in [2.05, 4.69) is 51.1 Å². The van der Waals surface area contributed by atoms with E-state index in [4.69, 9.17) is 0 Å². The van der Waals surface area contributed by atoms with Gasteiger partial charge < -0.3 is 10.6 Å². The van der Waals surface area contributed by atoms with E-state index in [9.17, 15) is 9.59 Å². The van der Waals surface area contributed by atoms with Crippen LogP contribution in [0.3, 0.4) is 0 Å². The van der Waals surface area contributed by atoms with Gasteiger partial charge in [0.15, 0.2) is 0 Å². The number of nitrogens with one attached hydrogen (secondary N) is 2. The first kappa shape index (κ1) is 27.2. The lowest BCUT2D eigenvalue weighted by Gasteiger charge is -2.30. The third kappa shape index (κ3) is 7.35. The maximum Gasteiger partial charge on any atom is 0.270 e. The van der Waals surface area contributed by atoms with Gasteiger partial charge in [0.1, 0.15) is 17.7 Å². The summed E-state index contributed by atoms with van der Waals surface area (Å²) >= 11 is 0. The molecule has 0 unspecified atom stereocenters. The molecule has 1 saturated heterocycles. The van der Waals surface area contributed by atoms with Gasteiger partial charge in [0.2, 0.25) is 0 Å². The summed E-state index contributed by atoms with van der Waals surface area (Å²) in [6.45, 7) is 13.7. The minimum Gasteiger partial charge on any atom is -0.347 e. The molecule has 0 radical (unpaired) electrons. The van der Waals surface area contributed by atoms with Crippen LogP contribution in [0.5, 0.6) is 0 Å². The van der Waals surface area contributed by atoms with Crippen LogP contribution in [0.1, 0.15) is 82.9 Å². The second-order valence-corrected chi connectivity index (χ2v) is 10.3. The number of carbonyl (C=O) groups excluding carboxylic acids is 2. The second kappa shape index (κ2) is 12.6. The van der Waals surface area contributed by atoms with Crippen molar-refractivity contribution < 1.29 is 9.59 Å². The first-order valence-corrected chi connectivity index (χ1v) is 13.3. The lowest BCUT2D eigenvalue weighted by atomic mass is 9.98. The van der Waals surface area contributed by atoms with Gasteiger partial charge in [-0.2, -0.15) is 0 Å². The highest BCUT2D eigenvalue weighted by atomic mass is 16.2. The smallest absolute Gasteiger partial charge is 0.270 e. The highest BCUT2D eigenvalue weighted by molar-refractivity contribution is 5.97. The molecule has 1 aliphatic heterocycles. The maximum atomic E-state index is 12.8. The molecule has 0 aliphatic carbocycles. The zero-order chi connectivity index (χ0) is 27.1. The van der Waals surface area contributed by atoms with Crippen molar-refractivity contribution >= 4 is 17.4 Å². The van der Waals surface area contributed by atoms with Crippen LogP contribution in [0, 0.1) is 5.92 Å². The van der Waals surface area contributed by atoms with Crippen molar-refractivity contribution in [2.24, 2.45) is 5.92 Å². The zero-order valence-electron chi connectivity index (χ0n) is 22.5. The molecular weight excluding hydrogens is 474 g/mol. The van der Waals surface area contributed by atoms with Crippen LogP contribution in [0.4, 0.5) is 0 Å². The van der Waals surface area contributed by atoms with E-state index in [-0.39, 0.29) is 29.2 Å². The number of likely N-dealkylation sites (tertiary alicyclic amines) is 1. The Bertz CT molecular complexity index is 1280. The SMILES string of the molecule is C=C(C)c1ccc([C@H](C)NC(=O)c2cc(C(=O)NCc3cccc(CN4CCC(C)CC4)c3)ncn2)cc1. The summed E-state index contributed by atoms with van der Waals surface area (Å²) in [5.41, 5.74) is 5.58. The Balaban J connectivity index is 1.32. The highest BCUT2D eigenvalue weighted by Gasteiger charge is 2.17. The molecule has 3 aromatic rings. The molecule has 1 atom stereocenters. The summed E-state index contributed by atoms with van der Waals surface area (Å²) in [7, 11) is 0. The third-order valence-corrected chi connectivity index (χ3v) is 7.11. The largest absolute Gasteiger partial charge is 0.347 e. The van der Waals surface area contributed by atoms with Crippen molar-refractivity contribution in [1.82, 2.24) is 25.5 Å². The average molecular weight is 512 g/mol. The van der Waals surface area contributed by atoms with E-state index in [0.29, 0.717) is 6.54 Å². The Hall–Kier alpha value is -3.84. The van der Waals surface area contributed by atoms with Crippen molar-refractivity contribution in [3.8, 4) is 0 Å². The Morgan fingerprint density at radius 1 is 1.00 bits per heavy atom. The molecule has 7 nitrogen and oxygen atoms in total. The van der Waals surface area contributed by atoms with Crippen molar-refractivity contribution in [3.63, 3.8) is 0 Å². The van der Waals surface area contributed by atoms with Gasteiger partial charge in [-0.3, -0.25) is 14.5 Å². The van der Waals surface area contributed by atoms with Crippen molar-refractivity contribution in [2.75, 3.05) is 13.1 Å². The van der Waals surface area contributed by atoms with E-state index in [1.165, 1.54) is 30.8 Å². The summed E-state index contributed by atoms with van der Waals surface area (Å²) in [6, 6.07) is 17.4. The fourth-order valence-electron chi connectivity index (χ4n) is 4.61. The molecule has 0 saturated carbocycles. The second-order valence-electron chi connectivity index (χ2n) is 10.3. The molecule has 1 fully saturated rings. The number of nitrogens with zero attached hydrogens (tertiary/aromatic N) is 3.